The fourth-order valence-electron chi connectivity index (χ4n) is 2.96. The lowest BCUT2D eigenvalue weighted by Crippen LogP contribution is -2.43. The van der Waals surface area contributed by atoms with Gasteiger partial charge in [-0.1, -0.05) is 50.0 Å². The number of aromatic nitrogens is 3. The van der Waals surface area contributed by atoms with Crippen LogP contribution in [0.4, 0.5) is 0 Å². The molecule has 0 aliphatic rings. The van der Waals surface area contributed by atoms with Crippen molar-refractivity contribution in [2.75, 3.05) is 0 Å². The molecule has 1 aromatic carbocycles. The van der Waals surface area contributed by atoms with Crippen molar-refractivity contribution in [1.29, 1.82) is 0 Å². The lowest BCUT2D eigenvalue weighted by Gasteiger charge is -2.20. The van der Waals surface area contributed by atoms with Gasteiger partial charge in [0.05, 0.1) is 8.07 Å². The van der Waals surface area contributed by atoms with Gasteiger partial charge in [-0.15, -0.1) is 0 Å². The van der Waals surface area contributed by atoms with Crippen molar-refractivity contribution < 1.29 is 0 Å². The quantitative estimate of drug-likeness (QED) is 0.531. The molecule has 108 valence electrons. The maximum atomic E-state index is 5.99. The number of aryl methyl sites for hydroxylation is 1. The molecule has 21 heavy (non-hydrogen) atoms. The first-order valence-corrected chi connectivity index (χ1v) is 10.8. The highest BCUT2D eigenvalue weighted by Crippen LogP contribution is 2.30. The Morgan fingerprint density at radius 2 is 1.76 bits per heavy atom. The normalized spacial score (nSPS) is 12.0. The average Bonchev–Trinajstić information content (AvgIpc) is 2.73. The average molecular weight is 316 g/mol. The molecule has 0 saturated carbocycles. The van der Waals surface area contributed by atoms with Crippen molar-refractivity contribution in [3.8, 4) is 11.1 Å². The Labute approximate surface area is 130 Å². The van der Waals surface area contributed by atoms with Crippen LogP contribution in [0.15, 0.2) is 36.5 Å². The van der Waals surface area contributed by atoms with Gasteiger partial charge in [-0.25, -0.2) is 4.98 Å². The smallest absolute Gasteiger partial charge is 0.224 e. The predicted molar refractivity (Wildman–Crippen MR) is 91.9 cm³/mol. The van der Waals surface area contributed by atoms with Crippen LogP contribution >= 0.6 is 11.6 Å². The molecule has 0 amide bonds. The number of nitrogens with zero attached hydrogens (tertiary/aromatic N) is 3. The zero-order valence-electron chi connectivity index (χ0n) is 12.7. The minimum Gasteiger partial charge on any atom is -0.336 e. The Bertz CT molecular complexity index is 804. The molecule has 0 spiro atoms. The van der Waals surface area contributed by atoms with E-state index in [1.165, 1.54) is 16.4 Å². The number of rotatable bonds is 2. The summed E-state index contributed by atoms with van der Waals surface area (Å²) in [4.78, 5) is 8.62. The van der Waals surface area contributed by atoms with Gasteiger partial charge in [-0.3, -0.25) is 0 Å². The molecular weight excluding hydrogens is 298 g/mol. The molecule has 0 atom stereocenters. The van der Waals surface area contributed by atoms with E-state index < -0.39 is 8.07 Å². The van der Waals surface area contributed by atoms with Gasteiger partial charge in [0.2, 0.25) is 5.28 Å². The summed E-state index contributed by atoms with van der Waals surface area (Å²) < 4.78 is 2.19. The zero-order valence-corrected chi connectivity index (χ0v) is 14.4. The van der Waals surface area contributed by atoms with Crippen LogP contribution in [0.3, 0.4) is 0 Å². The summed E-state index contributed by atoms with van der Waals surface area (Å²) in [5, 5.41) is 2.75. The second-order valence-corrected chi connectivity index (χ2v) is 11.6. The van der Waals surface area contributed by atoms with Gasteiger partial charge in [-0.2, -0.15) is 4.98 Å². The molecule has 2 heterocycles. The standard InChI is InChI=1S/C16H18ClN3Si/c1-20-14-12(10-18-16(17)19-14)13(15(20)21(2,3)4)11-8-6-5-7-9-11/h5-10H,1-4H3. The molecule has 3 nitrogen and oxygen atoms in total. The van der Waals surface area contributed by atoms with Crippen molar-refractivity contribution in [3.63, 3.8) is 0 Å². The molecule has 2 aromatic heterocycles. The third-order valence-electron chi connectivity index (χ3n) is 3.67. The van der Waals surface area contributed by atoms with Crippen LogP contribution in [-0.2, 0) is 7.05 Å². The molecule has 0 unspecified atom stereocenters. The van der Waals surface area contributed by atoms with Gasteiger partial charge in [0.1, 0.15) is 5.65 Å². The number of halogens is 1. The van der Waals surface area contributed by atoms with E-state index in [0.29, 0.717) is 5.28 Å². The van der Waals surface area contributed by atoms with Gasteiger partial charge in [0, 0.05) is 29.5 Å². The fraction of sp³-hybridized carbons (Fsp3) is 0.250. The highest BCUT2D eigenvalue weighted by atomic mass is 35.5. The molecule has 0 radical (unpaired) electrons. The summed E-state index contributed by atoms with van der Waals surface area (Å²) in [5.74, 6) is 0. The Kier molecular flexibility index (Phi) is 3.38. The largest absolute Gasteiger partial charge is 0.336 e. The number of hydrogen-bond donors (Lipinski definition) is 0. The minimum absolute atomic E-state index is 0.296. The second kappa shape index (κ2) is 4.96. The van der Waals surface area contributed by atoms with E-state index in [0.717, 1.165) is 11.0 Å². The van der Waals surface area contributed by atoms with Gasteiger partial charge >= 0.3 is 0 Å². The number of benzene rings is 1. The molecule has 0 fully saturated rings. The number of hydrogen-bond acceptors (Lipinski definition) is 2. The van der Waals surface area contributed by atoms with Crippen molar-refractivity contribution in [1.82, 2.24) is 14.5 Å². The molecular formula is C16H18ClN3Si. The molecule has 0 bridgehead atoms. The van der Waals surface area contributed by atoms with Crippen molar-refractivity contribution in [2.45, 2.75) is 19.6 Å². The lowest BCUT2D eigenvalue weighted by molar-refractivity contribution is 0.967. The summed E-state index contributed by atoms with van der Waals surface area (Å²) in [6, 6.07) is 10.5. The van der Waals surface area contributed by atoms with E-state index in [4.69, 9.17) is 11.6 Å². The van der Waals surface area contributed by atoms with E-state index in [2.05, 4.69) is 65.5 Å². The van der Waals surface area contributed by atoms with E-state index in [9.17, 15) is 0 Å². The summed E-state index contributed by atoms with van der Waals surface area (Å²) >= 11 is 5.99. The first-order chi connectivity index (χ1) is 9.89. The van der Waals surface area contributed by atoms with Crippen LogP contribution in [0.5, 0.6) is 0 Å². The number of fused-ring (bicyclic) bond motifs is 1. The topological polar surface area (TPSA) is 30.7 Å². The minimum atomic E-state index is -1.55. The summed E-state index contributed by atoms with van der Waals surface area (Å²) in [5.41, 5.74) is 3.38. The highest BCUT2D eigenvalue weighted by Gasteiger charge is 2.28. The molecule has 3 aromatic rings. The Morgan fingerprint density at radius 3 is 2.38 bits per heavy atom. The van der Waals surface area contributed by atoms with Crippen LogP contribution in [0.2, 0.25) is 24.9 Å². The molecule has 5 heteroatoms. The lowest BCUT2D eigenvalue weighted by atomic mass is 10.1. The van der Waals surface area contributed by atoms with E-state index in [1.54, 1.807) is 0 Å². The SMILES string of the molecule is Cn1c([Si](C)(C)C)c(-c2ccccc2)c2cnc(Cl)nc21. The first-order valence-electron chi connectivity index (χ1n) is 6.96. The Morgan fingerprint density at radius 1 is 1.10 bits per heavy atom. The van der Waals surface area contributed by atoms with Gasteiger partial charge in [0.15, 0.2) is 0 Å². The second-order valence-electron chi connectivity index (χ2n) is 6.27. The molecule has 0 N–H and O–H groups in total. The van der Waals surface area contributed by atoms with Crippen LogP contribution in [0.25, 0.3) is 22.2 Å². The van der Waals surface area contributed by atoms with Crippen molar-refractivity contribution >= 4 is 36.0 Å². The fourth-order valence-corrected chi connectivity index (χ4v) is 5.23. The highest BCUT2D eigenvalue weighted by molar-refractivity contribution is 6.89. The Balaban J connectivity index is 2.46. The monoisotopic (exact) mass is 315 g/mol. The van der Waals surface area contributed by atoms with Crippen molar-refractivity contribution in [2.24, 2.45) is 7.05 Å². The summed E-state index contributed by atoms with van der Waals surface area (Å²) in [6.07, 6.45) is 1.84. The summed E-state index contributed by atoms with van der Waals surface area (Å²) in [6.45, 7) is 7.05. The van der Waals surface area contributed by atoms with Gasteiger partial charge in [-0.05, 0) is 17.2 Å². The van der Waals surface area contributed by atoms with Gasteiger partial charge < -0.3 is 4.57 Å². The van der Waals surface area contributed by atoms with E-state index in [1.807, 2.05) is 12.3 Å². The van der Waals surface area contributed by atoms with Crippen LogP contribution < -0.4 is 5.32 Å². The zero-order chi connectivity index (χ0) is 15.2. The third-order valence-corrected chi connectivity index (χ3v) is 5.86. The third kappa shape index (κ3) is 2.38. The first kappa shape index (κ1) is 14.3. The predicted octanol–water partition coefficient (Wildman–Crippen LogP) is 3.83. The maximum Gasteiger partial charge on any atom is 0.224 e. The summed E-state index contributed by atoms with van der Waals surface area (Å²) in [7, 11) is 0.521. The maximum absolute atomic E-state index is 5.99. The Hall–Kier alpha value is -1.65. The molecule has 0 saturated heterocycles. The van der Waals surface area contributed by atoms with Crippen LogP contribution in [0.1, 0.15) is 0 Å². The van der Waals surface area contributed by atoms with E-state index >= 15 is 0 Å². The van der Waals surface area contributed by atoms with Crippen molar-refractivity contribution in [3.05, 3.63) is 41.8 Å². The van der Waals surface area contributed by atoms with E-state index in [-0.39, 0.29) is 0 Å². The molecule has 3 rings (SSSR count). The molecule has 0 aliphatic heterocycles. The van der Waals surface area contributed by atoms with Gasteiger partial charge in [0.25, 0.3) is 0 Å². The molecule has 0 aliphatic carbocycles. The van der Waals surface area contributed by atoms with Crippen LogP contribution in [0, 0.1) is 0 Å². The van der Waals surface area contributed by atoms with Crippen LogP contribution in [-0.4, -0.2) is 22.6 Å².